The number of aromatic amines is 1. The summed E-state index contributed by atoms with van der Waals surface area (Å²) in [6, 6.07) is 5.19. The van der Waals surface area contributed by atoms with Crippen LogP contribution in [0.25, 0.3) is 11.3 Å². The molecule has 0 bridgehead atoms. The molecule has 0 fully saturated rings. The van der Waals surface area contributed by atoms with Crippen molar-refractivity contribution in [3.8, 4) is 11.3 Å². The minimum absolute atomic E-state index is 0.224. The predicted octanol–water partition coefficient (Wildman–Crippen LogP) is 5.35. The molecule has 0 spiro atoms. The van der Waals surface area contributed by atoms with Crippen molar-refractivity contribution >= 4 is 41.4 Å². The van der Waals surface area contributed by atoms with Crippen LogP contribution in [0.3, 0.4) is 0 Å². The molecule has 0 aliphatic carbocycles. The highest BCUT2D eigenvalue weighted by Crippen LogP contribution is 2.34. The number of ether oxygens (including phenoxy) is 1. The van der Waals surface area contributed by atoms with Gasteiger partial charge in [-0.15, -0.1) is 0 Å². The van der Waals surface area contributed by atoms with E-state index in [0.29, 0.717) is 32.6 Å². The Morgan fingerprint density at radius 1 is 1.36 bits per heavy atom. The fraction of sp³-hybridized carbons (Fsp3) is 0.316. The minimum atomic E-state index is -0.482. The van der Waals surface area contributed by atoms with Crippen molar-refractivity contribution in [2.45, 2.75) is 26.3 Å². The number of carbonyl (C=O) groups is 1. The third-order valence-corrected chi connectivity index (χ3v) is 5.65. The second-order valence-electron chi connectivity index (χ2n) is 6.41. The number of aryl methyl sites for hydroxylation is 2. The summed E-state index contributed by atoms with van der Waals surface area (Å²) < 4.78 is 8.96. The molecule has 9 heteroatoms. The van der Waals surface area contributed by atoms with Gasteiger partial charge in [-0.2, -0.15) is 5.10 Å². The topological polar surface area (TPSA) is 64.8 Å². The van der Waals surface area contributed by atoms with Crippen molar-refractivity contribution in [2.75, 3.05) is 7.11 Å². The Morgan fingerprint density at radius 3 is 2.61 bits per heavy atom. The molecule has 1 atom stereocenters. The predicted molar refractivity (Wildman–Crippen MR) is 113 cm³/mol. The van der Waals surface area contributed by atoms with Crippen molar-refractivity contribution < 1.29 is 9.53 Å². The third kappa shape index (κ3) is 3.62. The van der Waals surface area contributed by atoms with E-state index in [1.54, 1.807) is 21.4 Å². The van der Waals surface area contributed by atoms with Gasteiger partial charge in [-0.1, -0.05) is 36.2 Å². The minimum Gasteiger partial charge on any atom is -0.464 e. The molecule has 0 aliphatic heterocycles. The van der Waals surface area contributed by atoms with Gasteiger partial charge in [-0.3, -0.25) is 4.68 Å². The molecule has 3 rings (SSSR count). The fourth-order valence-electron chi connectivity index (χ4n) is 3.37. The molecular formula is C19H20Cl2N4O2S. The number of hydrogen-bond donors (Lipinski definition) is 1. The molecule has 1 unspecified atom stereocenters. The van der Waals surface area contributed by atoms with Crippen LogP contribution in [0, 0.1) is 11.7 Å². The van der Waals surface area contributed by atoms with Gasteiger partial charge in [0.05, 0.1) is 34.6 Å². The van der Waals surface area contributed by atoms with E-state index in [-0.39, 0.29) is 6.04 Å². The molecule has 1 N–H and O–H groups in total. The van der Waals surface area contributed by atoms with Crippen LogP contribution in [0.4, 0.5) is 0 Å². The lowest BCUT2D eigenvalue weighted by atomic mass is 10.0. The Balaban J connectivity index is 2.27. The number of hydrogen-bond acceptors (Lipinski definition) is 4. The standard InChI is InChI=1S/C19H20Cl2N4O2S/c1-5-15(11-6-7-13(20)14(21)8-11)25-17(18(26)27-4)16(22-19(25)28)12-9-24(3)23-10(12)2/h6-9,15H,5H2,1-4H3,(H,22,28). The van der Waals surface area contributed by atoms with Gasteiger partial charge in [0, 0.05) is 18.8 Å². The second-order valence-corrected chi connectivity index (χ2v) is 7.62. The van der Waals surface area contributed by atoms with Crippen molar-refractivity contribution in [3.05, 3.63) is 56.2 Å². The van der Waals surface area contributed by atoms with Crippen LogP contribution in [0.15, 0.2) is 24.4 Å². The van der Waals surface area contributed by atoms with E-state index in [9.17, 15) is 4.79 Å². The first-order chi connectivity index (χ1) is 13.3. The molecule has 6 nitrogen and oxygen atoms in total. The zero-order valence-corrected chi connectivity index (χ0v) is 18.2. The number of carbonyl (C=O) groups excluding carboxylic acids is 1. The number of aromatic nitrogens is 4. The van der Waals surface area contributed by atoms with E-state index in [4.69, 9.17) is 40.2 Å². The second kappa shape index (κ2) is 8.11. The Morgan fingerprint density at radius 2 is 2.07 bits per heavy atom. The number of rotatable bonds is 5. The molecule has 0 aliphatic rings. The van der Waals surface area contributed by atoms with Crippen LogP contribution in [0.5, 0.6) is 0 Å². The summed E-state index contributed by atoms with van der Waals surface area (Å²) in [6.45, 7) is 3.89. The van der Waals surface area contributed by atoms with Crippen LogP contribution in [0.2, 0.25) is 10.0 Å². The van der Waals surface area contributed by atoms with E-state index in [2.05, 4.69) is 10.1 Å². The maximum Gasteiger partial charge on any atom is 0.356 e. The van der Waals surface area contributed by atoms with Crippen molar-refractivity contribution in [3.63, 3.8) is 0 Å². The molecule has 2 heterocycles. The summed E-state index contributed by atoms with van der Waals surface area (Å²) in [4.78, 5) is 15.9. The molecule has 148 valence electrons. The van der Waals surface area contributed by atoms with E-state index in [1.165, 1.54) is 7.11 Å². The van der Waals surface area contributed by atoms with E-state index in [0.717, 1.165) is 16.8 Å². The van der Waals surface area contributed by atoms with Gasteiger partial charge in [-0.25, -0.2) is 4.79 Å². The van der Waals surface area contributed by atoms with Crippen LogP contribution < -0.4 is 0 Å². The molecule has 28 heavy (non-hydrogen) atoms. The van der Waals surface area contributed by atoms with Gasteiger partial charge >= 0.3 is 5.97 Å². The van der Waals surface area contributed by atoms with Gasteiger partial charge in [-0.05, 0) is 43.3 Å². The molecule has 1 aromatic carbocycles. The molecule has 0 saturated carbocycles. The van der Waals surface area contributed by atoms with Crippen molar-refractivity contribution in [1.29, 1.82) is 0 Å². The fourth-order valence-corrected chi connectivity index (χ4v) is 4.00. The first-order valence-electron chi connectivity index (χ1n) is 8.66. The van der Waals surface area contributed by atoms with Crippen molar-refractivity contribution in [2.24, 2.45) is 7.05 Å². The van der Waals surface area contributed by atoms with Crippen LogP contribution in [-0.4, -0.2) is 32.4 Å². The summed E-state index contributed by atoms with van der Waals surface area (Å²) in [6.07, 6.45) is 2.52. The summed E-state index contributed by atoms with van der Waals surface area (Å²) in [5.41, 5.74) is 3.39. The Hall–Kier alpha value is -2.09. The van der Waals surface area contributed by atoms with Crippen LogP contribution >= 0.6 is 35.4 Å². The number of nitrogens with one attached hydrogen (secondary N) is 1. The Bertz CT molecular complexity index is 1100. The number of nitrogens with zero attached hydrogens (tertiary/aromatic N) is 3. The lowest BCUT2D eigenvalue weighted by molar-refractivity contribution is 0.0587. The average Bonchev–Trinajstić information content (AvgIpc) is 3.17. The van der Waals surface area contributed by atoms with Crippen molar-refractivity contribution in [1.82, 2.24) is 19.3 Å². The quantitative estimate of drug-likeness (QED) is 0.430. The maximum absolute atomic E-state index is 12.7. The van der Waals surface area contributed by atoms with Crippen LogP contribution in [0.1, 0.15) is 41.1 Å². The number of esters is 1. The van der Waals surface area contributed by atoms with E-state index < -0.39 is 5.97 Å². The smallest absolute Gasteiger partial charge is 0.356 e. The summed E-state index contributed by atoms with van der Waals surface area (Å²) in [5, 5.41) is 5.28. The monoisotopic (exact) mass is 438 g/mol. The first-order valence-corrected chi connectivity index (χ1v) is 9.83. The zero-order chi connectivity index (χ0) is 20.6. The molecular weight excluding hydrogens is 419 g/mol. The molecule has 0 saturated heterocycles. The highest BCUT2D eigenvalue weighted by Gasteiger charge is 2.28. The number of halogens is 2. The van der Waals surface area contributed by atoms with Gasteiger partial charge in [0.1, 0.15) is 0 Å². The zero-order valence-electron chi connectivity index (χ0n) is 15.9. The number of methoxy groups -OCH3 is 1. The lowest BCUT2D eigenvalue weighted by Crippen LogP contribution is -2.18. The van der Waals surface area contributed by atoms with E-state index >= 15 is 0 Å². The lowest BCUT2D eigenvalue weighted by Gasteiger charge is -2.20. The number of H-pyrrole nitrogens is 1. The third-order valence-electron chi connectivity index (χ3n) is 4.62. The maximum atomic E-state index is 12.7. The number of benzene rings is 1. The molecule has 0 radical (unpaired) electrons. The van der Waals surface area contributed by atoms with Crippen LogP contribution in [-0.2, 0) is 11.8 Å². The van der Waals surface area contributed by atoms with E-state index in [1.807, 2.05) is 33.2 Å². The molecule has 0 amide bonds. The van der Waals surface area contributed by atoms with Gasteiger partial charge in [0.25, 0.3) is 0 Å². The number of imidazole rings is 1. The average molecular weight is 439 g/mol. The SMILES string of the molecule is CCC(c1ccc(Cl)c(Cl)c1)n1c(C(=O)OC)c(-c2cn(C)nc2C)[nH]c1=S. The van der Waals surface area contributed by atoms with Gasteiger partial charge < -0.3 is 14.3 Å². The summed E-state index contributed by atoms with van der Waals surface area (Å²) in [5.74, 6) is -0.482. The van der Waals surface area contributed by atoms with Gasteiger partial charge in [0.2, 0.25) is 0 Å². The normalized spacial score (nSPS) is 12.2. The summed E-state index contributed by atoms with van der Waals surface area (Å²) in [7, 11) is 3.17. The first kappa shape index (κ1) is 20.6. The highest BCUT2D eigenvalue weighted by molar-refractivity contribution is 7.71. The van der Waals surface area contributed by atoms with Gasteiger partial charge in [0.15, 0.2) is 10.5 Å². The largest absolute Gasteiger partial charge is 0.464 e. The molecule has 2 aromatic heterocycles. The summed E-state index contributed by atoms with van der Waals surface area (Å²) >= 11 is 17.9. The Labute approximate surface area is 178 Å². The highest BCUT2D eigenvalue weighted by atomic mass is 35.5. The molecule has 3 aromatic rings. The Kier molecular flexibility index (Phi) is 5.98.